The molecule has 0 saturated heterocycles. The zero-order chi connectivity index (χ0) is 19.1. The molecule has 0 aliphatic heterocycles. The molecule has 0 radical (unpaired) electrons. The number of thiophene rings is 1. The van der Waals surface area contributed by atoms with Crippen LogP contribution in [0, 0.1) is 0 Å². The number of halogens is 3. The molecule has 1 aromatic carbocycles. The van der Waals surface area contributed by atoms with Crippen LogP contribution in [0.15, 0.2) is 29.2 Å². The number of nitrogens with one attached hydrogen (secondary N) is 1. The van der Waals surface area contributed by atoms with Gasteiger partial charge >= 0.3 is 6.18 Å². The van der Waals surface area contributed by atoms with Crippen LogP contribution in [0.5, 0.6) is 0 Å². The number of primary amides is 1. The minimum Gasteiger partial charge on any atom is -0.365 e. The number of amides is 1. The van der Waals surface area contributed by atoms with Gasteiger partial charge in [-0.15, -0.1) is 11.3 Å². The van der Waals surface area contributed by atoms with Crippen LogP contribution in [0.4, 0.5) is 18.2 Å². The molecule has 1 aliphatic carbocycles. The highest BCUT2D eigenvalue weighted by molar-refractivity contribution is 7.93. The van der Waals surface area contributed by atoms with Gasteiger partial charge in [-0.05, 0) is 49.4 Å². The van der Waals surface area contributed by atoms with Crippen molar-refractivity contribution in [3.63, 3.8) is 0 Å². The van der Waals surface area contributed by atoms with Gasteiger partial charge in [0.1, 0.15) is 5.00 Å². The summed E-state index contributed by atoms with van der Waals surface area (Å²) in [6.45, 7) is 0. The first kappa shape index (κ1) is 18.7. The summed E-state index contributed by atoms with van der Waals surface area (Å²) in [6, 6.07) is 3.43. The molecule has 0 unspecified atom stereocenters. The molecule has 3 N–H and O–H groups in total. The van der Waals surface area contributed by atoms with E-state index in [0.717, 1.165) is 52.8 Å². The van der Waals surface area contributed by atoms with Crippen LogP contribution in [-0.4, -0.2) is 14.3 Å². The van der Waals surface area contributed by atoms with Crippen molar-refractivity contribution < 1.29 is 26.4 Å². The lowest BCUT2D eigenvalue weighted by molar-refractivity contribution is -0.137. The first-order valence-electron chi connectivity index (χ1n) is 7.74. The van der Waals surface area contributed by atoms with E-state index in [2.05, 4.69) is 4.72 Å². The fraction of sp³-hybridized carbons (Fsp3) is 0.312. The van der Waals surface area contributed by atoms with Gasteiger partial charge in [0.25, 0.3) is 15.9 Å². The van der Waals surface area contributed by atoms with Gasteiger partial charge in [0.2, 0.25) is 0 Å². The van der Waals surface area contributed by atoms with E-state index in [1.165, 1.54) is 0 Å². The standard InChI is InChI=1S/C16H15F3N2O3S2/c17-16(18,19)9-4-3-5-10(8-9)26(23,24)21-15-13(14(20)22)11-6-1-2-7-12(11)25-15/h3-5,8,21H,1-2,6-7H2,(H2,20,22). The van der Waals surface area contributed by atoms with E-state index >= 15 is 0 Å². The number of nitrogens with two attached hydrogens (primary N) is 1. The molecule has 10 heteroatoms. The first-order valence-corrected chi connectivity index (χ1v) is 10.0. The number of hydrogen-bond acceptors (Lipinski definition) is 4. The molecule has 0 fully saturated rings. The van der Waals surface area contributed by atoms with Gasteiger partial charge in [-0.3, -0.25) is 9.52 Å². The van der Waals surface area contributed by atoms with E-state index in [0.29, 0.717) is 18.9 Å². The lowest BCUT2D eigenvalue weighted by atomic mass is 9.95. The molecule has 1 heterocycles. The second-order valence-corrected chi connectivity index (χ2v) is 8.70. The minimum atomic E-state index is -4.66. The Morgan fingerprint density at radius 2 is 1.88 bits per heavy atom. The number of aryl methyl sites for hydroxylation is 1. The van der Waals surface area contributed by atoms with E-state index in [1.807, 2.05) is 0 Å². The highest BCUT2D eigenvalue weighted by Gasteiger charge is 2.32. The zero-order valence-corrected chi connectivity index (χ0v) is 15.0. The summed E-state index contributed by atoms with van der Waals surface area (Å²) >= 11 is 1.11. The van der Waals surface area contributed by atoms with E-state index in [9.17, 15) is 26.4 Å². The summed E-state index contributed by atoms with van der Waals surface area (Å²) in [5, 5.41) is 0.0572. The van der Waals surface area contributed by atoms with Crippen molar-refractivity contribution in [1.29, 1.82) is 0 Å². The molecule has 0 bridgehead atoms. The van der Waals surface area contributed by atoms with Gasteiger partial charge in [0, 0.05) is 4.88 Å². The molecule has 2 aromatic rings. The molecule has 1 amide bonds. The second kappa shape index (κ2) is 6.58. The average Bonchev–Trinajstić information content (AvgIpc) is 2.91. The predicted octanol–water partition coefficient (Wildman–Crippen LogP) is 3.55. The van der Waals surface area contributed by atoms with Gasteiger partial charge in [-0.25, -0.2) is 8.42 Å². The van der Waals surface area contributed by atoms with Crippen molar-refractivity contribution in [1.82, 2.24) is 0 Å². The van der Waals surface area contributed by atoms with Crippen molar-refractivity contribution in [3.8, 4) is 0 Å². The fourth-order valence-electron chi connectivity index (χ4n) is 2.92. The number of carbonyl (C=O) groups is 1. The minimum absolute atomic E-state index is 0.0572. The first-order chi connectivity index (χ1) is 12.1. The maximum absolute atomic E-state index is 12.8. The van der Waals surface area contributed by atoms with Gasteiger partial charge in [-0.2, -0.15) is 13.2 Å². The summed E-state index contributed by atoms with van der Waals surface area (Å²) in [6.07, 6.45) is -1.54. The Morgan fingerprint density at radius 1 is 1.19 bits per heavy atom. The lowest BCUT2D eigenvalue weighted by Crippen LogP contribution is -2.19. The van der Waals surface area contributed by atoms with Crippen LogP contribution in [0.25, 0.3) is 0 Å². The summed E-state index contributed by atoms with van der Waals surface area (Å²) in [4.78, 5) is 12.2. The van der Waals surface area contributed by atoms with Crippen LogP contribution in [0.2, 0.25) is 0 Å². The van der Waals surface area contributed by atoms with E-state index < -0.39 is 32.6 Å². The third kappa shape index (κ3) is 3.56. The largest absolute Gasteiger partial charge is 0.416 e. The summed E-state index contributed by atoms with van der Waals surface area (Å²) in [5.74, 6) is -0.758. The monoisotopic (exact) mass is 404 g/mol. The quantitative estimate of drug-likeness (QED) is 0.817. The van der Waals surface area contributed by atoms with Crippen molar-refractivity contribution in [2.24, 2.45) is 5.73 Å². The van der Waals surface area contributed by atoms with E-state index in [1.54, 1.807) is 0 Å². The lowest BCUT2D eigenvalue weighted by Gasteiger charge is -2.12. The molecule has 0 saturated carbocycles. The number of rotatable bonds is 4. The second-order valence-electron chi connectivity index (χ2n) is 5.91. The molecule has 1 aromatic heterocycles. The Morgan fingerprint density at radius 3 is 2.54 bits per heavy atom. The molecule has 0 atom stereocenters. The molecule has 140 valence electrons. The molecule has 26 heavy (non-hydrogen) atoms. The Labute approximate surface area is 152 Å². The van der Waals surface area contributed by atoms with Gasteiger partial charge in [0.05, 0.1) is 16.0 Å². The topological polar surface area (TPSA) is 89.3 Å². The highest BCUT2D eigenvalue weighted by Crippen LogP contribution is 2.39. The number of fused-ring (bicyclic) bond motifs is 1. The zero-order valence-electron chi connectivity index (χ0n) is 13.4. The van der Waals surface area contributed by atoms with E-state index in [-0.39, 0.29) is 10.6 Å². The van der Waals surface area contributed by atoms with Crippen LogP contribution in [0.3, 0.4) is 0 Å². The number of hydrogen-bond donors (Lipinski definition) is 2. The van der Waals surface area contributed by atoms with Crippen molar-refractivity contribution >= 4 is 32.3 Å². The van der Waals surface area contributed by atoms with Crippen molar-refractivity contribution in [2.45, 2.75) is 36.8 Å². The van der Waals surface area contributed by atoms with Gasteiger partial charge in [-0.1, -0.05) is 6.07 Å². The highest BCUT2D eigenvalue weighted by atomic mass is 32.2. The molecule has 3 rings (SSSR count). The summed E-state index contributed by atoms with van der Waals surface area (Å²) in [7, 11) is -4.30. The Bertz CT molecular complexity index is 966. The van der Waals surface area contributed by atoms with Crippen LogP contribution in [-0.2, 0) is 29.0 Å². The third-order valence-electron chi connectivity index (χ3n) is 4.12. The maximum atomic E-state index is 12.8. The SMILES string of the molecule is NC(=O)c1c(NS(=O)(=O)c2cccc(C(F)(F)F)c2)sc2c1CCCC2. The Hall–Kier alpha value is -2.07. The predicted molar refractivity (Wildman–Crippen MR) is 91.7 cm³/mol. The number of benzene rings is 1. The van der Waals surface area contributed by atoms with Crippen molar-refractivity contribution in [2.75, 3.05) is 4.72 Å². The number of anilines is 1. The molecule has 0 spiro atoms. The van der Waals surface area contributed by atoms with Crippen molar-refractivity contribution in [3.05, 3.63) is 45.8 Å². The normalized spacial score (nSPS) is 14.7. The molecule has 5 nitrogen and oxygen atoms in total. The molecule has 1 aliphatic rings. The molecular weight excluding hydrogens is 389 g/mol. The summed E-state index contributed by atoms with van der Waals surface area (Å²) < 4.78 is 65.8. The van der Waals surface area contributed by atoms with Gasteiger partial charge < -0.3 is 5.73 Å². The van der Waals surface area contributed by atoms with Crippen LogP contribution in [0.1, 0.15) is 39.2 Å². The maximum Gasteiger partial charge on any atom is 0.416 e. The third-order valence-corrected chi connectivity index (χ3v) is 6.80. The smallest absolute Gasteiger partial charge is 0.365 e. The average molecular weight is 404 g/mol. The number of alkyl halides is 3. The Balaban J connectivity index is 2.01. The van der Waals surface area contributed by atoms with Crippen LogP contribution < -0.4 is 10.5 Å². The Kier molecular flexibility index (Phi) is 4.74. The van der Waals surface area contributed by atoms with E-state index in [4.69, 9.17) is 5.73 Å². The molecular formula is C16H15F3N2O3S2. The summed E-state index contributed by atoms with van der Waals surface area (Å²) in [5.41, 5.74) is 5.18. The van der Waals surface area contributed by atoms with Crippen LogP contribution >= 0.6 is 11.3 Å². The fourth-order valence-corrected chi connectivity index (χ4v) is 5.56. The van der Waals surface area contributed by atoms with Gasteiger partial charge in [0.15, 0.2) is 0 Å². The number of carbonyl (C=O) groups excluding carboxylic acids is 1. The number of sulfonamides is 1.